The van der Waals surface area contributed by atoms with Gasteiger partial charge < -0.3 is 0 Å². The van der Waals surface area contributed by atoms with Crippen LogP contribution in [0.5, 0.6) is 0 Å². The molecule has 2 unspecified atom stereocenters. The number of allylic oxidation sites excluding steroid dienone is 4. The molecule has 56 valence electrons. The zero-order valence-corrected chi connectivity index (χ0v) is 6.36. The fraction of sp³-hybridized carbons (Fsp3) is 0.400. The molecule has 0 N–H and O–H groups in total. The Balaban J connectivity index is 2.29. The summed E-state index contributed by atoms with van der Waals surface area (Å²) in [6.45, 7) is 0. The van der Waals surface area contributed by atoms with Crippen LogP contribution in [0.4, 0.5) is 0 Å². The first-order valence-electron chi connectivity index (χ1n) is 4.02. The van der Waals surface area contributed by atoms with Crippen molar-refractivity contribution < 1.29 is 0 Å². The molecule has 0 aliphatic heterocycles. The van der Waals surface area contributed by atoms with Gasteiger partial charge >= 0.3 is 0 Å². The molecule has 0 spiro atoms. The van der Waals surface area contributed by atoms with Gasteiger partial charge in [0.1, 0.15) is 5.41 Å². The summed E-state index contributed by atoms with van der Waals surface area (Å²) >= 11 is 0. The average Bonchev–Trinajstić information content (AvgIpc) is 2.56. The molecule has 0 aromatic rings. The van der Waals surface area contributed by atoms with Crippen molar-refractivity contribution in [3.8, 4) is 12.1 Å². The average molecular weight is 154 g/mol. The van der Waals surface area contributed by atoms with E-state index in [0.717, 1.165) is 0 Å². The van der Waals surface area contributed by atoms with Gasteiger partial charge in [-0.15, -0.1) is 0 Å². The second-order valence-electron chi connectivity index (χ2n) is 3.73. The maximum atomic E-state index is 9.06. The van der Waals surface area contributed by atoms with Crippen molar-refractivity contribution in [1.29, 1.82) is 10.5 Å². The lowest BCUT2D eigenvalue weighted by Gasteiger charge is -2.18. The van der Waals surface area contributed by atoms with Crippen LogP contribution >= 0.6 is 0 Å². The van der Waals surface area contributed by atoms with E-state index in [9.17, 15) is 0 Å². The summed E-state index contributed by atoms with van der Waals surface area (Å²) in [4.78, 5) is 0. The maximum absolute atomic E-state index is 9.06. The minimum Gasteiger partial charge on any atom is -0.198 e. The van der Waals surface area contributed by atoms with E-state index < -0.39 is 10.8 Å². The highest BCUT2D eigenvalue weighted by Gasteiger charge is 2.78. The molecule has 3 aliphatic carbocycles. The Bertz CT molecular complexity index is 383. The van der Waals surface area contributed by atoms with Crippen LogP contribution in [0.2, 0.25) is 0 Å². The minimum absolute atomic E-state index is 0.326. The Morgan fingerprint density at radius 3 is 1.92 bits per heavy atom. The molecule has 0 radical (unpaired) electrons. The summed E-state index contributed by atoms with van der Waals surface area (Å²) < 4.78 is 0. The third-order valence-electron chi connectivity index (χ3n) is 3.52. The summed E-state index contributed by atoms with van der Waals surface area (Å²) in [6, 6.07) is 4.58. The van der Waals surface area contributed by atoms with Crippen molar-refractivity contribution in [3.05, 3.63) is 24.3 Å². The van der Waals surface area contributed by atoms with Crippen LogP contribution in [0.3, 0.4) is 0 Å². The van der Waals surface area contributed by atoms with E-state index in [0.29, 0.717) is 11.8 Å². The molecule has 3 aliphatic rings. The van der Waals surface area contributed by atoms with Crippen molar-refractivity contribution in [1.82, 2.24) is 0 Å². The summed E-state index contributed by atoms with van der Waals surface area (Å²) in [5, 5.41) is 18.1. The quantitative estimate of drug-likeness (QED) is 0.495. The van der Waals surface area contributed by atoms with E-state index >= 15 is 0 Å². The van der Waals surface area contributed by atoms with E-state index in [-0.39, 0.29) is 0 Å². The van der Waals surface area contributed by atoms with Gasteiger partial charge in [0.05, 0.1) is 17.6 Å². The molecule has 1 fully saturated rings. The first-order valence-corrected chi connectivity index (χ1v) is 4.02. The predicted octanol–water partition coefficient (Wildman–Crippen LogP) is 1.39. The molecular formula is C10H6N2. The molecule has 2 nitrogen and oxygen atoms in total. The fourth-order valence-electron chi connectivity index (χ4n) is 2.79. The van der Waals surface area contributed by atoms with Crippen LogP contribution in [0.1, 0.15) is 0 Å². The molecule has 3 rings (SSSR count). The van der Waals surface area contributed by atoms with E-state index in [1.807, 2.05) is 24.3 Å². The Labute approximate surface area is 70.4 Å². The molecule has 0 aromatic carbocycles. The standard InChI is InChI=1S/C10H6N2/c11-5-9-3-1-7-8(2-4-9)10(7,9)6-12/h1-4,7-8H. The van der Waals surface area contributed by atoms with Crippen LogP contribution in [0.25, 0.3) is 0 Å². The topological polar surface area (TPSA) is 47.6 Å². The van der Waals surface area contributed by atoms with Crippen molar-refractivity contribution >= 4 is 0 Å². The zero-order chi connectivity index (χ0) is 8.40. The van der Waals surface area contributed by atoms with Gasteiger partial charge in [-0.25, -0.2) is 0 Å². The number of fused-ring (bicyclic) bond motifs is 1. The number of rotatable bonds is 0. The van der Waals surface area contributed by atoms with Gasteiger partial charge in [-0.05, 0) is 0 Å². The van der Waals surface area contributed by atoms with Crippen LogP contribution in [0, 0.1) is 45.3 Å². The Morgan fingerprint density at radius 1 is 1.00 bits per heavy atom. The molecule has 0 bridgehead atoms. The second-order valence-corrected chi connectivity index (χ2v) is 3.73. The molecular weight excluding hydrogens is 148 g/mol. The Hall–Kier alpha value is -1.54. The molecule has 2 heteroatoms. The van der Waals surface area contributed by atoms with Gasteiger partial charge in [-0.1, -0.05) is 24.3 Å². The first kappa shape index (κ1) is 6.03. The summed E-state index contributed by atoms with van der Waals surface area (Å²) in [7, 11) is 0. The molecule has 0 heterocycles. The fourth-order valence-corrected chi connectivity index (χ4v) is 2.79. The van der Waals surface area contributed by atoms with E-state index in [1.165, 1.54) is 0 Å². The Kier molecular flexibility index (Phi) is 0.674. The van der Waals surface area contributed by atoms with Crippen LogP contribution in [-0.4, -0.2) is 0 Å². The highest BCUT2D eigenvalue weighted by Crippen LogP contribution is 2.76. The van der Waals surface area contributed by atoms with Gasteiger partial charge in [0, 0.05) is 11.8 Å². The smallest absolute Gasteiger partial charge is 0.113 e. The largest absolute Gasteiger partial charge is 0.198 e. The first-order chi connectivity index (χ1) is 5.81. The molecule has 0 amide bonds. The third-order valence-corrected chi connectivity index (χ3v) is 3.52. The van der Waals surface area contributed by atoms with Gasteiger partial charge in [0.2, 0.25) is 0 Å². The number of nitrogens with zero attached hydrogens (tertiary/aromatic N) is 2. The molecule has 12 heavy (non-hydrogen) atoms. The van der Waals surface area contributed by atoms with Crippen molar-refractivity contribution in [2.75, 3.05) is 0 Å². The van der Waals surface area contributed by atoms with Gasteiger partial charge in [-0.2, -0.15) is 10.5 Å². The summed E-state index contributed by atoms with van der Waals surface area (Å²) in [5.41, 5.74) is -0.987. The van der Waals surface area contributed by atoms with E-state index in [4.69, 9.17) is 10.5 Å². The van der Waals surface area contributed by atoms with Crippen LogP contribution < -0.4 is 0 Å². The van der Waals surface area contributed by atoms with Crippen LogP contribution in [0.15, 0.2) is 24.3 Å². The van der Waals surface area contributed by atoms with Crippen molar-refractivity contribution in [2.24, 2.45) is 22.7 Å². The SMILES string of the molecule is N#CC12C=CC3C(C=C1)C32C#N. The lowest BCUT2D eigenvalue weighted by molar-refractivity contribution is 0.452. The normalized spacial score (nSPS) is 56.2. The second kappa shape index (κ2) is 1.34. The monoisotopic (exact) mass is 154 g/mol. The number of nitriles is 2. The Morgan fingerprint density at radius 2 is 1.58 bits per heavy atom. The lowest BCUT2D eigenvalue weighted by atomic mass is 9.78. The maximum Gasteiger partial charge on any atom is 0.113 e. The summed E-state index contributed by atoms with van der Waals surface area (Å²) in [5.74, 6) is 0.652. The number of hydrogen-bond donors (Lipinski definition) is 0. The van der Waals surface area contributed by atoms with Gasteiger partial charge in [0.15, 0.2) is 0 Å². The van der Waals surface area contributed by atoms with Gasteiger partial charge in [0.25, 0.3) is 0 Å². The van der Waals surface area contributed by atoms with Gasteiger partial charge in [-0.3, -0.25) is 0 Å². The lowest BCUT2D eigenvalue weighted by Crippen LogP contribution is -2.22. The highest BCUT2D eigenvalue weighted by molar-refractivity contribution is 5.55. The molecule has 2 atom stereocenters. The summed E-state index contributed by atoms with van der Waals surface area (Å²) in [6.07, 6.45) is 7.83. The highest BCUT2D eigenvalue weighted by atomic mass is 14.8. The third kappa shape index (κ3) is 0.302. The zero-order valence-electron chi connectivity index (χ0n) is 6.36. The van der Waals surface area contributed by atoms with E-state index in [1.54, 1.807) is 0 Å². The van der Waals surface area contributed by atoms with Crippen molar-refractivity contribution in [3.63, 3.8) is 0 Å². The van der Waals surface area contributed by atoms with E-state index in [2.05, 4.69) is 12.1 Å². The minimum atomic E-state index is -0.586. The number of hydrogen-bond acceptors (Lipinski definition) is 2. The molecule has 0 saturated heterocycles. The predicted molar refractivity (Wildman–Crippen MR) is 41.4 cm³/mol. The van der Waals surface area contributed by atoms with Crippen LogP contribution in [-0.2, 0) is 0 Å². The molecule has 0 aromatic heterocycles. The molecule has 1 saturated carbocycles. The van der Waals surface area contributed by atoms with Crippen molar-refractivity contribution in [2.45, 2.75) is 0 Å².